The van der Waals surface area contributed by atoms with Crippen molar-refractivity contribution in [3.05, 3.63) is 65.7 Å². The molecule has 0 spiro atoms. The maximum Gasteiger partial charge on any atom is 0.243 e. The Morgan fingerprint density at radius 1 is 0.711 bits per heavy atom. The SMILES string of the molecule is CC(C)C(NC(=O)C(N)Cc1ccccc1)C(=O)NC(C(=O)NC(Cc1ccc(O)cc1)C(N)=O)C(C)C. The summed E-state index contributed by atoms with van der Waals surface area (Å²) in [4.78, 5) is 51.1. The molecule has 0 aliphatic rings. The Balaban J connectivity index is 2.07. The average molecular weight is 526 g/mol. The van der Waals surface area contributed by atoms with Gasteiger partial charge < -0.3 is 32.5 Å². The molecule has 0 aromatic heterocycles. The van der Waals surface area contributed by atoms with Crippen LogP contribution >= 0.6 is 0 Å². The van der Waals surface area contributed by atoms with Gasteiger partial charge in [-0.3, -0.25) is 19.2 Å². The number of benzene rings is 2. The molecule has 10 nitrogen and oxygen atoms in total. The maximum atomic E-state index is 13.2. The van der Waals surface area contributed by atoms with E-state index in [1.54, 1.807) is 39.8 Å². The quantitative estimate of drug-likeness (QED) is 0.225. The first-order valence-electron chi connectivity index (χ1n) is 12.7. The van der Waals surface area contributed by atoms with Gasteiger partial charge in [-0.15, -0.1) is 0 Å². The number of phenolic OH excluding ortho intramolecular Hbond substituents is 1. The zero-order chi connectivity index (χ0) is 28.4. The summed E-state index contributed by atoms with van der Waals surface area (Å²) in [5.74, 6) is -2.87. The third-order valence-corrected chi connectivity index (χ3v) is 6.17. The molecule has 0 saturated heterocycles. The molecule has 4 amide bonds. The molecular formula is C28H39N5O5. The van der Waals surface area contributed by atoms with Crippen molar-refractivity contribution in [2.75, 3.05) is 0 Å². The van der Waals surface area contributed by atoms with E-state index in [2.05, 4.69) is 16.0 Å². The van der Waals surface area contributed by atoms with Gasteiger partial charge in [0.25, 0.3) is 0 Å². The second-order valence-corrected chi connectivity index (χ2v) is 10.1. The molecule has 2 rings (SSSR count). The van der Waals surface area contributed by atoms with Crippen LogP contribution in [0.5, 0.6) is 5.75 Å². The minimum absolute atomic E-state index is 0.0730. The molecule has 8 N–H and O–H groups in total. The predicted octanol–water partition coefficient (Wildman–Crippen LogP) is 0.756. The summed E-state index contributed by atoms with van der Waals surface area (Å²) in [6.45, 7) is 7.06. The standard InChI is InChI=1S/C28H39N5O5/c1-16(2)23(27(37)31-22(25(30)35)15-19-10-12-20(34)13-11-19)33-28(38)24(17(3)4)32-26(36)21(29)14-18-8-6-5-7-9-18/h5-13,16-17,21-24,34H,14-15,29H2,1-4H3,(H2,30,35)(H,31,37)(H,32,36)(H,33,38). The van der Waals surface area contributed by atoms with Gasteiger partial charge in [0.1, 0.15) is 23.9 Å². The molecule has 38 heavy (non-hydrogen) atoms. The number of phenols is 1. The topological polar surface area (TPSA) is 177 Å². The fraction of sp³-hybridized carbons (Fsp3) is 0.429. The van der Waals surface area contributed by atoms with Crippen molar-refractivity contribution >= 4 is 23.6 Å². The van der Waals surface area contributed by atoms with Gasteiger partial charge in [0.2, 0.25) is 23.6 Å². The smallest absolute Gasteiger partial charge is 0.243 e. The molecule has 4 atom stereocenters. The summed E-state index contributed by atoms with van der Waals surface area (Å²) in [5, 5.41) is 17.5. The summed E-state index contributed by atoms with van der Waals surface area (Å²) >= 11 is 0. The number of hydrogen-bond acceptors (Lipinski definition) is 6. The van der Waals surface area contributed by atoms with Gasteiger partial charge in [0.05, 0.1) is 6.04 Å². The van der Waals surface area contributed by atoms with Crippen molar-refractivity contribution < 1.29 is 24.3 Å². The average Bonchev–Trinajstić information content (AvgIpc) is 2.86. The molecule has 0 aliphatic carbocycles. The summed E-state index contributed by atoms with van der Waals surface area (Å²) in [7, 11) is 0. The van der Waals surface area contributed by atoms with Crippen LogP contribution in [0.15, 0.2) is 54.6 Å². The molecule has 10 heteroatoms. The van der Waals surface area contributed by atoms with Crippen molar-refractivity contribution in [2.45, 2.75) is 64.7 Å². The van der Waals surface area contributed by atoms with Crippen LogP contribution in [0.25, 0.3) is 0 Å². The van der Waals surface area contributed by atoms with Crippen molar-refractivity contribution in [3.63, 3.8) is 0 Å². The van der Waals surface area contributed by atoms with E-state index in [1.165, 1.54) is 12.1 Å². The van der Waals surface area contributed by atoms with Crippen LogP contribution in [0.3, 0.4) is 0 Å². The van der Waals surface area contributed by atoms with Gasteiger partial charge in [0.15, 0.2) is 0 Å². The van der Waals surface area contributed by atoms with Crippen LogP contribution in [0.4, 0.5) is 0 Å². The molecule has 4 unspecified atom stereocenters. The number of amides is 4. The zero-order valence-electron chi connectivity index (χ0n) is 22.3. The molecule has 0 bridgehead atoms. The molecule has 0 aliphatic heterocycles. The van der Waals surface area contributed by atoms with Gasteiger partial charge in [-0.1, -0.05) is 70.2 Å². The molecule has 0 saturated carbocycles. The number of carbonyl (C=O) groups is 4. The van der Waals surface area contributed by atoms with Crippen LogP contribution in [-0.2, 0) is 32.0 Å². The summed E-state index contributed by atoms with van der Waals surface area (Å²) in [6.07, 6.45) is 0.426. The lowest BCUT2D eigenvalue weighted by Crippen LogP contribution is -2.60. The van der Waals surface area contributed by atoms with E-state index in [0.29, 0.717) is 12.0 Å². The molecule has 2 aromatic rings. The summed E-state index contributed by atoms with van der Waals surface area (Å²) < 4.78 is 0. The lowest BCUT2D eigenvalue weighted by molar-refractivity contribution is -0.135. The van der Waals surface area contributed by atoms with Crippen molar-refractivity contribution in [1.29, 1.82) is 0 Å². The molecule has 0 heterocycles. The number of carbonyl (C=O) groups excluding carboxylic acids is 4. The number of hydrogen-bond donors (Lipinski definition) is 6. The molecule has 2 aromatic carbocycles. The summed E-state index contributed by atoms with van der Waals surface area (Å²) in [6, 6.07) is 11.7. The Bertz CT molecular complexity index is 1090. The maximum absolute atomic E-state index is 13.2. The number of nitrogens with two attached hydrogens (primary N) is 2. The fourth-order valence-corrected chi connectivity index (χ4v) is 3.89. The number of aromatic hydroxyl groups is 1. The number of nitrogens with one attached hydrogen (secondary N) is 3. The monoisotopic (exact) mass is 525 g/mol. The highest BCUT2D eigenvalue weighted by Crippen LogP contribution is 2.12. The Labute approximate surface area is 223 Å². The Morgan fingerprint density at radius 3 is 1.68 bits per heavy atom. The van der Waals surface area contributed by atoms with Crippen LogP contribution < -0.4 is 27.4 Å². The van der Waals surface area contributed by atoms with E-state index < -0.39 is 47.8 Å². The lowest BCUT2D eigenvalue weighted by Gasteiger charge is -2.28. The van der Waals surface area contributed by atoms with Gasteiger partial charge in [-0.05, 0) is 41.5 Å². The Hall–Kier alpha value is -3.92. The van der Waals surface area contributed by atoms with Crippen LogP contribution in [-0.4, -0.2) is 52.9 Å². The number of rotatable bonds is 13. The molecular weight excluding hydrogens is 486 g/mol. The van der Waals surface area contributed by atoms with Crippen LogP contribution in [0.1, 0.15) is 38.8 Å². The van der Waals surface area contributed by atoms with E-state index >= 15 is 0 Å². The van der Waals surface area contributed by atoms with Gasteiger partial charge >= 0.3 is 0 Å². The largest absolute Gasteiger partial charge is 0.508 e. The lowest BCUT2D eigenvalue weighted by atomic mass is 9.98. The second-order valence-electron chi connectivity index (χ2n) is 10.1. The van der Waals surface area contributed by atoms with Gasteiger partial charge in [-0.25, -0.2) is 0 Å². The van der Waals surface area contributed by atoms with E-state index in [-0.39, 0.29) is 24.0 Å². The third-order valence-electron chi connectivity index (χ3n) is 6.17. The van der Waals surface area contributed by atoms with Gasteiger partial charge in [0, 0.05) is 6.42 Å². The molecule has 0 fully saturated rings. The van der Waals surface area contributed by atoms with Crippen molar-refractivity contribution in [3.8, 4) is 5.75 Å². The van der Waals surface area contributed by atoms with Gasteiger partial charge in [-0.2, -0.15) is 0 Å². The first-order chi connectivity index (χ1) is 17.9. The Morgan fingerprint density at radius 2 is 1.18 bits per heavy atom. The zero-order valence-corrected chi connectivity index (χ0v) is 22.3. The highest BCUT2D eigenvalue weighted by molar-refractivity contribution is 5.94. The van der Waals surface area contributed by atoms with Crippen molar-refractivity contribution in [1.82, 2.24) is 16.0 Å². The minimum Gasteiger partial charge on any atom is -0.508 e. The van der Waals surface area contributed by atoms with E-state index in [9.17, 15) is 24.3 Å². The van der Waals surface area contributed by atoms with E-state index in [4.69, 9.17) is 11.5 Å². The third kappa shape index (κ3) is 9.19. The highest BCUT2D eigenvalue weighted by atomic mass is 16.3. The predicted molar refractivity (Wildman–Crippen MR) is 145 cm³/mol. The van der Waals surface area contributed by atoms with Crippen LogP contribution in [0, 0.1) is 11.8 Å². The van der Waals surface area contributed by atoms with Crippen LogP contribution in [0.2, 0.25) is 0 Å². The summed E-state index contributed by atoms with van der Waals surface area (Å²) in [5.41, 5.74) is 13.2. The first kappa shape index (κ1) is 30.3. The minimum atomic E-state index is -1.03. The first-order valence-corrected chi connectivity index (χ1v) is 12.7. The fourth-order valence-electron chi connectivity index (χ4n) is 3.89. The van der Waals surface area contributed by atoms with Crippen molar-refractivity contribution in [2.24, 2.45) is 23.3 Å². The molecule has 0 radical (unpaired) electrons. The highest BCUT2D eigenvalue weighted by Gasteiger charge is 2.32. The normalized spacial score (nSPS) is 14.3. The van der Waals surface area contributed by atoms with E-state index in [0.717, 1.165) is 5.56 Å². The number of primary amides is 1. The van der Waals surface area contributed by atoms with E-state index in [1.807, 2.05) is 30.3 Å². The Kier molecular flexibility index (Phi) is 11.3. The second kappa shape index (κ2) is 14.1. The molecule has 206 valence electrons.